The Morgan fingerprint density at radius 2 is 2.21 bits per heavy atom. The van der Waals surface area contributed by atoms with Crippen LogP contribution in [0, 0.1) is 6.92 Å². The van der Waals surface area contributed by atoms with Crippen LogP contribution in [0.5, 0.6) is 0 Å². The molecule has 0 aliphatic heterocycles. The van der Waals surface area contributed by atoms with Crippen molar-refractivity contribution in [1.29, 1.82) is 0 Å². The molecule has 0 saturated carbocycles. The predicted octanol–water partition coefficient (Wildman–Crippen LogP) is 3.10. The van der Waals surface area contributed by atoms with Gasteiger partial charge in [-0.1, -0.05) is 23.7 Å². The minimum Gasteiger partial charge on any atom is -0.381 e. The van der Waals surface area contributed by atoms with Gasteiger partial charge in [0.2, 0.25) is 0 Å². The van der Waals surface area contributed by atoms with Crippen molar-refractivity contribution >= 4 is 17.3 Å². The summed E-state index contributed by atoms with van der Waals surface area (Å²) in [4.78, 5) is 0. The van der Waals surface area contributed by atoms with Crippen molar-refractivity contribution in [2.24, 2.45) is 0 Å². The molecule has 0 bridgehead atoms. The van der Waals surface area contributed by atoms with E-state index in [2.05, 4.69) is 5.32 Å². The Kier molecular flexibility index (Phi) is 4.77. The number of anilines is 1. The van der Waals surface area contributed by atoms with Gasteiger partial charge in [0.15, 0.2) is 0 Å². The lowest BCUT2D eigenvalue weighted by Gasteiger charge is -2.10. The fraction of sp³-hybridized carbons (Fsp3) is 0.455. The molecule has 1 N–H and O–H groups in total. The Morgan fingerprint density at radius 3 is 2.86 bits per heavy atom. The number of benzene rings is 1. The van der Waals surface area contributed by atoms with Crippen LogP contribution in [-0.4, -0.2) is 19.8 Å². The van der Waals surface area contributed by atoms with Crippen molar-refractivity contribution in [3.8, 4) is 0 Å². The van der Waals surface area contributed by atoms with Gasteiger partial charge in [0.1, 0.15) is 0 Å². The summed E-state index contributed by atoms with van der Waals surface area (Å²) >= 11 is 6.04. The van der Waals surface area contributed by atoms with Crippen LogP contribution in [0.15, 0.2) is 18.2 Å². The highest BCUT2D eigenvalue weighted by molar-refractivity contribution is 6.33. The number of rotatable bonds is 5. The Bertz CT molecular complexity index is 268. The van der Waals surface area contributed by atoms with E-state index in [1.54, 1.807) is 0 Å². The monoisotopic (exact) mass is 213 g/mol. The highest BCUT2D eigenvalue weighted by Gasteiger charge is 2.01. The minimum absolute atomic E-state index is 0.709. The van der Waals surface area contributed by atoms with Gasteiger partial charge in [-0.05, 0) is 25.5 Å². The number of hydrogen-bond acceptors (Lipinski definition) is 2. The molecule has 0 amide bonds. The van der Waals surface area contributed by atoms with Gasteiger partial charge < -0.3 is 10.1 Å². The third-order valence-electron chi connectivity index (χ3n) is 1.97. The van der Waals surface area contributed by atoms with E-state index >= 15 is 0 Å². The van der Waals surface area contributed by atoms with E-state index in [0.717, 1.165) is 29.4 Å². The summed E-state index contributed by atoms with van der Waals surface area (Å²) in [6.45, 7) is 6.28. The Hall–Kier alpha value is -0.730. The van der Waals surface area contributed by atoms with Crippen molar-refractivity contribution in [3.05, 3.63) is 28.8 Å². The molecule has 0 heterocycles. The summed E-state index contributed by atoms with van der Waals surface area (Å²) in [5, 5.41) is 4.02. The zero-order valence-corrected chi connectivity index (χ0v) is 9.40. The molecule has 0 aromatic heterocycles. The normalized spacial score (nSPS) is 10.2. The van der Waals surface area contributed by atoms with Gasteiger partial charge in [0, 0.05) is 13.2 Å². The molecule has 3 heteroatoms. The van der Waals surface area contributed by atoms with Gasteiger partial charge in [-0.15, -0.1) is 0 Å². The first-order valence-corrected chi connectivity index (χ1v) is 5.20. The van der Waals surface area contributed by atoms with Gasteiger partial charge in [0.05, 0.1) is 17.3 Å². The van der Waals surface area contributed by atoms with Gasteiger partial charge >= 0.3 is 0 Å². The topological polar surface area (TPSA) is 21.3 Å². The molecule has 0 aliphatic rings. The summed E-state index contributed by atoms with van der Waals surface area (Å²) in [6, 6.07) is 5.87. The van der Waals surface area contributed by atoms with Crippen LogP contribution in [0.3, 0.4) is 0 Å². The van der Waals surface area contributed by atoms with E-state index < -0.39 is 0 Å². The van der Waals surface area contributed by atoms with Gasteiger partial charge in [-0.25, -0.2) is 0 Å². The second kappa shape index (κ2) is 5.89. The van der Waals surface area contributed by atoms with Crippen LogP contribution in [0.2, 0.25) is 5.02 Å². The van der Waals surface area contributed by atoms with Crippen molar-refractivity contribution in [2.75, 3.05) is 25.1 Å². The first-order chi connectivity index (χ1) is 6.75. The lowest BCUT2D eigenvalue weighted by atomic mass is 10.2. The van der Waals surface area contributed by atoms with Crippen LogP contribution in [0.4, 0.5) is 5.69 Å². The first-order valence-electron chi connectivity index (χ1n) is 4.82. The highest BCUT2D eigenvalue weighted by atomic mass is 35.5. The van der Waals surface area contributed by atoms with E-state index in [-0.39, 0.29) is 0 Å². The van der Waals surface area contributed by atoms with E-state index in [1.807, 2.05) is 32.0 Å². The molecule has 1 rings (SSSR count). The molecule has 78 valence electrons. The summed E-state index contributed by atoms with van der Waals surface area (Å²) in [6.07, 6.45) is 0. The average molecular weight is 214 g/mol. The van der Waals surface area contributed by atoms with E-state index in [4.69, 9.17) is 16.3 Å². The van der Waals surface area contributed by atoms with Gasteiger partial charge in [0.25, 0.3) is 0 Å². The maximum atomic E-state index is 6.04. The number of para-hydroxylation sites is 1. The fourth-order valence-electron chi connectivity index (χ4n) is 1.25. The van der Waals surface area contributed by atoms with Crippen molar-refractivity contribution in [2.45, 2.75) is 13.8 Å². The maximum Gasteiger partial charge on any atom is 0.0640 e. The second-order valence-electron chi connectivity index (χ2n) is 3.06. The third kappa shape index (κ3) is 3.20. The molecule has 0 saturated heterocycles. The Balaban J connectivity index is 2.49. The van der Waals surface area contributed by atoms with E-state index in [9.17, 15) is 0 Å². The van der Waals surface area contributed by atoms with Gasteiger partial charge in [-0.2, -0.15) is 0 Å². The molecule has 0 fully saturated rings. The molecule has 0 unspecified atom stereocenters. The first kappa shape index (κ1) is 11.3. The zero-order valence-electron chi connectivity index (χ0n) is 8.64. The fourth-order valence-corrected chi connectivity index (χ4v) is 1.54. The molecule has 2 nitrogen and oxygen atoms in total. The van der Waals surface area contributed by atoms with Crippen LogP contribution in [0.25, 0.3) is 0 Å². The summed E-state index contributed by atoms with van der Waals surface area (Å²) in [5.41, 5.74) is 2.17. The number of halogens is 1. The Labute approximate surface area is 90.2 Å². The van der Waals surface area contributed by atoms with Crippen molar-refractivity contribution in [1.82, 2.24) is 0 Å². The molecule has 14 heavy (non-hydrogen) atoms. The molecular formula is C11H16ClNO. The average Bonchev–Trinajstić information content (AvgIpc) is 2.16. The molecular weight excluding hydrogens is 198 g/mol. The predicted molar refractivity (Wildman–Crippen MR) is 61.2 cm³/mol. The van der Waals surface area contributed by atoms with Crippen molar-refractivity contribution < 1.29 is 4.74 Å². The SMILES string of the molecule is CCOCCNc1c(C)cccc1Cl. The highest BCUT2D eigenvalue weighted by Crippen LogP contribution is 2.24. The maximum absolute atomic E-state index is 6.04. The number of aryl methyl sites for hydroxylation is 1. The van der Waals surface area contributed by atoms with Crippen LogP contribution in [0.1, 0.15) is 12.5 Å². The summed E-state index contributed by atoms with van der Waals surface area (Å²) in [5.74, 6) is 0. The van der Waals surface area contributed by atoms with Gasteiger partial charge in [-0.3, -0.25) is 0 Å². The summed E-state index contributed by atoms with van der Waals surface area (Å²) < 4.78 is 5.23. The Morgan fingerprint density at radius 1 is 1.43 bits per heavy atom. The quantitative estimate of drug-likeness (QED) is 0.759. The lowest BCUT2D eigenvalue weighted by Crippen LogP contribution is -2.10. The molecule has 1 aromatic carbocycles. The van der Waals surface area contributed by atoms with Crippen molar-refractivity contribution in [3.63, 3.8) is 0 Å². The van der Waals surface area contributed by atoms with E-state index in [0.29, 0.717) is 6.61 Å². The lowest BCUT2D eigenvalue weighted by molar-refractivity contribution is 0.158. The number of hydrogen-bond donors (Lipinski definition) is 1. The number of nitrogens with one attached hydrogen (secondary N) is 1. The van der Waals surface area contributed by atoms with Crippen LogP contribution < -0.4 is 5.32 Å². The molecule has 0 atom stereocenters. The second-order valence-corrected chi connectivity index (χ2v) is 3.46. The van der Waals surface area contributed by atoms with E-state index in [1.165, 1.54) is 0 Å². The molecule has 0 spiro atoms. The molecule has 0 aliphatic carbocycles. The molecule has 1 aromatic rings. The van der Waals surface area contributed by atoms with Crippen LogP contribution in [-0.2, 0) is 4.74 Å². The van der Waals surface area contributed by atoms with Crippen LogP contribution >= 0.6 is 11.6 Å². The summed E-state index contributed by atoms with van der Waals surface area (Å²) in [7, 11) is 0. The molecule has 0 radical (unpaired) electrons. The smallest absolute Gasteiger partial charge is 0.0640 e. The number of ether oxygens (including phenoxy) is 1. The minimum atomic E-state index is 0.709. The standard InChI is InChI=1S/C11H16ClNO/c1-3-14-8-7-13-11-9(2)5-4-6-10(11)12/h4-6,13H,3,7-8H2,1-2H3. The third-order valence-corrected chi connectivity index (χ3v) is 2.29. The zero-order chi connectivity index (χ0) is 10.4. The largest absolute Gasteiger partial charge is 0.381 e.